The molecule has 4 aliphatic rings. The molecule has 7 atom stereocenters. The maximum Gasteiger partial charge on any atom is 0.303 e. The second kappa shape index (κ2) is 10.6. The molecular weight excluding hydrogens is 372 g/mol. The average molecular weight is 421 g/mol. The molecule has 3 heteroatoms. The Labute approximate surface area is 185 Å². The Balaban J connectivity index is 0.000000757. The third-order valence-electron chi connectivity index (χ3n) is 9.53. The van der Waals surface area contributed by atoms with Gasteiger partial charge in [-0.15, -0.1) is 0 Å². The second-order valence-corrected chi connectivity index (χ2v) is 10.5. The summed E-state index contributed by atoms with van der Waals surface area (Å²) < 4.78 is 0. The molecule has 0 spiro atoms. The number of Topliss-reactive ketones (excluding diaryl/α,β-unsaturated/α-hetero) is 1. The summed E-state index contributed by atoms with van der Waals surface area (Å²) in [7, 11) is 0. The molecule has 0 aromatic rings. The lowest BCUT2D eigenvalue weighted by atomic mass is 9.44. The molecule has 4 aliphatic carbocycles. The number of carbonyl (C=O) groups excluding carboxylic acids is 1. The van der Waals surface area contributed by atoms with E-state index in [4.69, 9.17) is 5.11 Å². The van der Waals surface area contributed by atoms with Crippen molar-refractivity contribution in [2.24, 2.45) is 40.4 Å². The highest BCUT2D eigenvalue weighted by atomic mass is 16.4. The van der Waals surface area contributed by atoms with Crippen molar-refractivity contribution in [2.45, 2.75) is 119 Å². The summed E-state index contributed by atoms with van der Waals surface area (Å²) in [5.74, 6) is 2.65. The van der Waals surface area contributed by atoms with Crippen LogP contribution >= 0.6 is 0 Å². The van der Waals surface area contributed by atoms with Crippen LogP contribution in [-0.2, 0) is 9.59 Å². The summed E-state index contributed by atoms with van der Waals surface area (Å²) in [6.07, 6.45) is 13.1. The van der Waals surface area contributed by atoms with Crippen LogP contribution in [0.3, 0.4) is 0 Å². The van der Waals surface area contributed by atoms with Crippen molar-refractivity contribution in [2.75, 3.05) is 0 Å². The van der Waals surface area contributed by atoms with E-state index in [0.717, 1.165) is 19.3 Å². The minimum Gasteiger partial charge on any atom is -0.481 e. The van der Waals surface area contributed by atoms with E-state index >= 15 is 0 Å². The summed E-state index contributed by atoms with van der Waals surface area (Å²) in [4.78, 5) is 24.1. The van der Waals surface area contributed by atoms with Crippen molar-refractivity contribution in [1.82, 2.24) is 0 Å². The fraction of sp³-hybridized carbons (Fsp3) is 0.926. The van der Waals surface area contributed by atoms with E-state index in [1.807, 2.05) is 27.7 Å². The first kappa shape index (κ1) is 25.4. The summed E-state index contributed by atoms with van der Waals surface area (Å²) in [6, 6.07) is 0. The van der Waals surface area contributed by atoms with Crippen LogP contribution in [0.5, 0.6) is 0 Å². The lowest BCUT2D eigenvalue weighted by Gasteiger charge is -2.59. The third-order valence-corrected chi connectivity index (χ3v) is 9.53. The van der Waals surface area contributed by atoms with Gasteiger partial charge in [0.05, 0.1) is 0 Å². The maximum absolute atomic E-state index is 13.2. The number of carboxylic acid groups (broad SMARTS) is 1. The van der Waals surface area contributed by atoms with E-state index < -0.39 is 5.97 Å². The average Bonchev–Trinajstić information content (AvgIpc) is 3.08. The standard InChI is InChI=1S/C23H36O3.2C2H6/c1-22-12-4-3-6-16(22)14-19(24)21-17-10-9-15(7-5-8-20(25)26)23(17,2)13-11-18(21)22;2*1-2/h15-18,21H,3-14H2,1-2H3,(H,25,26);2*1-2H3. The van der Waals surface area contributed by atoms with Gasteiger partial charge in [0.1, 0.15) is 5.78 Å². The van der Waals surface area contributed by atoms with Gasteiger partial charge in [0, 0.05) is 18.8 Å². The summed E-state index contributed by atoms with van der Waals surface area (Å²) >= 11 is 0. The van der Waals surface area contributed by atoms with Crippen LogP contribution in [0.25, 0.3) is 0 Å². The molecule has 0 saturated heterocycles. The van der Waals surface area contributed by atoms with Crippen LogP contribution in [-0.4, -0.2) is 16.9 Å². The number of hydrogen-bond donors (Lipinski definition) is 1. The predicted octanol–water partition coefficient (Wildman–Crippen LogP) is 7.52. The zero-order chi connectivity index (χ0) is 22.5. The summed E-state index contributed by atoms with van der Waals surface area (Å²) in [6.45, 7) is 13.0. The zero-order valence-corrected chi connectivity index (χ0v) is 20.6. The van der Waals surface area contributed by atoms with Gasteiger partial charge in [-0.2, -0.15) is 0 Å². The van der Waals surface area contributed by atoms with Crippen LogP contribution in [0.15, 0.2) is 0 Å². The van der Waals surface area contributed by atoms with Gasteiger partial charge in [-0.05, 0) is 85.9 Å². The Morgan fingerprint density at radius 1 is 0.933 bits per heavy atom. The lowest BCUT2D eigenvalue weighted by Crippen LogP contribution is -2.56. The number of carbonyl (C=O) groups is 2. The van der Waals surface area contributed by atoms with Crippen LogP contribution in [0.4, 0.5) is 0 Å². The number of carboxylic acids is 1. The molecule has 4 rings (SSSR count). The molecule has 0 aromatic carbocycles. The maximum atomic E-state index is 13.2. The first-order chi connectivity index (χ1) is 14.4. The molecule has 0 amide bonds. The van der Waals surface area contributed by atoms with E-state index in [2.05, 4.69) is 13.8 Å². The molecule has 174 valence electrons. The van der Waals surface area contributed by atoms with Gasteiger partial charge >= 0.3 is 5.97 Å². The molecule has 0 aromatic heterocycles. The number of fused-ring (bicyclic) bond motifs is 5. The van der Waals surface area contributed by atoms with E-state index in [1.165, 1.54) is 51.4 Å². The SMILES string of the molecule is CC.CC.CC12CCC3C(C(=O)CC4CCCCC43C)C1CCC2CCCC(=O)O. The van der Waals surface area contributed by atoms with Crippen molar-refractivity contribution in [3.63, 3.8) is 0 Å². The molecule has 4 fully saturated rings. The van der Waals surface area contributed by atoms with Crippen LogP contribution in [0, 0.1) is 40.4 Å². The zero-order valence-electron chi connectivity index (χ0n) is 20.6. The van der Waals surface area contributed by atoms with Gasteiger partial charge < -0.3 is 5.11 Å². The van der Waals surface area contributed by atoms with Crippen LogP contribution in [0.2, 0.25) is 0 Å². The molecule has 0 radical (unpaired) electrons. The topological polar surface area (TPSA) is 54.4 Å². The Bertz CT molecular complexity index is 585. The third kappa shape index (κ3) is 4.51. The van der Waals surface area contributed by atoms with Crippen molar-refractivity contribution in [3.05, 3.63) is 0 Å². The molecule has 30 heavy (non-hydrogen) atoms. The number of aliphatic carboxylic acids is 1. The normalized spacial score (nSPS) is 41.8. The lowest BCUT2D eigenvalue weighted by molar-refractivity contribution is -0.155. The molecule has 4 saturated carbocycles. The predicted molar refractivity (Wildman–Crippen MR) is 124 cm³/mol. The minimum absolute atomic E-state index is 0.271. The highest BCUT2D eigenvalue weighted by Gasteiger charge is 2.61. The first-order valence-corrected chi connectivity index (χ1v) is 13.1. The van der Waals surface area contributed by atoms with Crippen molar-refractivity contribution in [3.8, 4) is 0 Å². The van der Waals surface area contributed by atoms with Crippen LogP contribution < -0.4 is 0 Å². The molecule has 7 unspecified atom stereocenters. The first-order valence-electron chi connectivity index (χ1n) is 13.1. The monoisotopic (exact) mass is 420 g/mol. The smallest absolute Gasteiger partial charge is 0.303 e. The Morgan fingerprint density at radius 3 is 2.27 bits per heavy atom. The number of hydrogen-bond acceptors (Lipinski definition) is 2. The van der Waals surface area contributed by atoms with Gasteiger partial charge in [-0.3, -0.25) is 9.59 Å². The molecule has 0 aliphatic heterocycles. The number of rotatable bonds is 4. The van der Waals surface area contributed by atoms with Crippen molar-refractivity contribution >= 4 is 11.8 Å². The van der Waals surface area contributed by atoms with E-state index in [9.17, 15) is 9.59 Å². The molecular formula is C27H48O3. The van der Waals surface area contributed by atoms with Crippen LogP contribution in [0.1, 0.15) is 119 Å². The molecule has 0 bridgehead atoms. The van der Waals surface area contributed by atoms with Gasteiger partial charge in [-0.25, -0.2) is 0 Å². The van der Waals surface area contributed by atoms with Gasteiger partial charge in [0.25, 0.3) is 0 Å². The highest BCUT2D eigenvalue weighted by molar-refractivity contribution is 5.83. The second-order valence-electron chi connectivity index (χ2n) is 10.5. The van der Waals surface area contributed by atoms with Gasteiger partial charge in [-0.1, -0.05) is 54.4 Å². The Hall–Kier alpha value is -0.860. The molecule has 3 nitrogen and oxygen atoms in total. The van der Waals surface area contributed by atoms with Crippen molar-refractivity contribution < 1.29 is 14.7 Å². The van der Waals surface area contributed by atoms with Gasteiger partial charge in [0.2, 0.25) is 0 Å². The van der Waals surface area contributed by atoms with E-state index in [0.29, 0.717) is 47.2 Å². The fourth-order valence-corrected chi connectivity index (χ4v) is 8.04. The quantitative estimate of drug-likeness (QED) is 0.511. The Kier molecular flexibility index (Phi) is 9.01. The minimum atomic E-state index is -0.674. The summed E-state index contributed by atoms with van der Waals surface area (Å²) in [5, 5.41) is 8.97. The van der Waals surface area contributed by atoms with E-state index in [-0.39, 0.29) is 5.41 Å². The highest BCUT2D eigenvalue weighted by Crippen LogP contribution is 2.67. The van der Waals surface area contributed by atoms with Gasteiger partial charge in [0.15, 0.2) is 0 Å². The van der Waals surface area contributed by atoms with E-state index in [1.54, 1.807) is 0 Å². The number of ketones is 1. The molecule has 1 N–H and O–H groups in total. The largest absolute Gasteiger partial charge is 0.481 e. The fourth-order valence-electron chi connectivity index (χ4n) is 8.04. The summed E-state index contributed by atoms with van der Waals surface area (Å²) in [5.41, 5.74) is 0.673. The van der Waals surface area contributed by atoms with Crippen molar-refractivity contribution in [1.29, 1.82) is 0 Å². The molecule has 0 heterocycles. The Morgan fingerprint density at radius 2 is 1.60 bits per heavy atom.